The maximum atomic E-state index is 13.3. The fourth-order valence-electron chi connectivity index (χ4n) is 1.17. The smallest absolute Gasteiger partial charge is 0.325 e. The Hall–Kier alpha value is -2.11. The van der Waals surface area contributed by atoms with Gasteiger partial charge < -0.3 is 15.4 Å². The molecule has 0 bridgehead atoms. The highest BCUT2D eigenvalue weighted by atomic mass is 19.1. The number of rotatable bonds is 4. The summed E-state index contributed by atoms with van der Waals surface area (Å²) >= 11 is 0. The lowest BCUT2D eigenvalue weighted by Crippen LogP contribution is -2.15. The van der Waals surface area contributed by atoms with E-state index in [0.29, 0.717) is 5.69 Å². The molecule has 17 heavy (non-hydrogen) atoms. The van der Waals surface area contributed by atoms with Gasteiger partial charge in [-0.1, -0.05) is 0 Å². The quantitative estimate of drug-likeness (QED) is 0.780. The Balaban J connectivity index is 2.74. The van der Waals surface area contributed by atoms with Crippen molar-refractivity contribution in [1.82, 2.24) is 0 Å². The predicted octanol–water partition coefficient (Wildman–Crippen LogP) is 1.37. The summed E-state index contributed by atoms with van der Waals surface area (Å²) < 4.78 is 17.7. The summed E-state index contributed by atoms with van der Waals surface area (Å²) in [4.78, 5) is 21.7. The number of carbonyl (C=O) groups excluding carboxylic acids is 2. The van der Waals surface area contributed by atoms with Gasteiger partial charge in [0, 0.05) is 12.6 Å². The van der Waals surface area contributed by atoms with Crippen molar-refractivity contribution in [3.63, 3.8) is 0 Å². The molecule has 0 unspecified atom stereocenters. The number of hydrogen-bond acceptors (Lipinski definition) is 4. The Bertz CT molecular complexity index is 435. The molecular weight excluding hydrogens is 227 g/mol. The molecular formula is C11H13FN2O3. The van der Waals surface area contributed by atoms with Gasteiger partial charge >= 0.3 is 5.97 Å². The van der Waals surface area contributed by atoms with Gasteiger partial charge in [0.2, 0.25) is 5.91 Å². The van der Waals surface area contributed by atoms with Crippen molar-refractivity contribution in [2.75, 3.05) is 24.3 Å². The molecule has 1 amide bonds. The van der Waals surface area contributed by atoms with E-state index >= 15 is 0 Å². The second kappa shape index (κ2) is 5.83. The minimum Gasteiger partial charge on any atom is -0.468 e. The van der Waals surface area contributed by atoms with Crippen molar-refractivity contribution in [2.45, 2.75) is 6.92 Å². The molecule has 0 spiro atoms. The lowest BCUT2D eigenvalue weighted by molar-refractivity contribution is -0.138. The van der Waals surface area contributed by atoms with E-state index < -0.39 is 11.8 Å². The van der Waals surface area contributed by atoms with Gasteiger partial charge in [-0.3, -0.25) is 9.59 Å². The first kappa shape index (κ1) is 13.0. The number of esters is 1. The molecule has 6 heteroatoms. The fraction of sp³-hybridized carbons (Fsp3) is 0.273. The molecule has 0 fully saturated rings. The van der Waals surface area contributed by atoms with Gasteiger partial charge in [-0.25, -0.2) is 4.39 Å². The number of amides is 1. The standard InChI is InChI=1S/C11H13FN2O3/c1-7(15)14-10-5-8(3-4-9(10)12)13-6-11(16)17-2/h3-5,13H,6H2,1-2H3,(H,14,15). The summed E-state index contributed by atoms with van der Waals surface area (Å²) in [6.07, 6.45) is 0. The number of benzene rings is 1. The maximum Gasteiger partial charge on any atom is 0.325 e. The van der Waals surface area contributed by atoms with Crippen molar-refractivity contribution in [2.24, 2.45) is 0 Å². The monoisotopic (exact) mass is 240 g/mol. The predicted molar refractivity (Wildman–Crippen MR) is 61.2 cm³/mol. The van der Waals surface area contributed by atoms with Crippen molar-refractivity contribution in [1.29, 1.82) is 0 Å². The summed E-state index contributed by atoms with van der Waals surface area (Å²) in [6, 6.07) is 4.06. The number of nitrogens with one attached hydrogen (secondary N) is 2. The van der Waals surface area contributed by atoms with E-state index in [1.165, 1.54) is 32.2 Å². The van der Waals surface area contributed by atoms with Crippen LogP contribution >= 0.6 is 0 Å². The molecule has 0 aromatic heterocycles. The van der Waals surface area contributed by atoms with Gasteiger partial charge in [-0.15, -0.1) is 0 Å². The zero-order chi connectivity index (χ0) is 12.8. The normalized spacial score (nSPS) is 9.59. The Morgan fingerprint density at radius 2 is 2.12 bits per heavy atom. The van der Waals surface area contributed by atoms with E-state index in [-0.39, 0.29) is 18.1 Å². The minimum absolute atomic E-state index is 0.0261. The zero-order valence-electron chi connectivity index (χ0n) is 9.54. The third-order valence-corrected chi connectivity index (χ3v) is 1.94. The topological polar surface area (TPSA) is 67.4 Å². The molecule has 0 saturated heterocycles. The van der Waals surface area contributed by atoms with Crippen molar-refractivity contribution >= 4 is 23.3 Å². The average Bonchev–Trinajstić information content (AvgIpc) is 2.29. The first-order valence-corrected chi connectivity index (χ1v) is 4.90. The summed E-state index contributed by atoms with van der Waals surface area (Å²) in [5.41, 5.74) is 0.577. The minimum atomic E-state index is -0.538. The Kier molecular flexibility index (Phi) is 4.45. The van der Waals surface area contributed by atoms with Gasteiger partial charge in [0.05, 0.1) is 12.8 Å². The third-order valence-electron chi connectivity index (χ3n) is 1.94. The second-order valence-electron chi connectivity index (χ2n) is 3.31. The van der Waals surface area contributed by atoms with Gasteiger partial charge in [0.25, 0.3) is 0 Å². The van der Waals surface area contributed by atoms with Crippen LogP contribution in [0.25, 0.3) is 0 Å². The number of anilines is 2. The highest BCUT2D eigenvalue weighted by Gasteiger charge is 2.06. The summed E-state index contributed by atoms with van der Waals surface area (Å²) in [6.45, 7) is 1.26. The van der Waals surface area contributed by atoms with Crippen LogP contribution in [0.3, 0.4) is 0 Å². The number of ether oxygens (including phenoxy) is 1. The largest absolute Gasteiger partial charge is 0.468 e. The molecule has 0 aliphatic rings. The van der Waals surface area contributed by atoms with E-state index in [1.807, 2.05) is 0 Å². The van der Waals surface area contributed by atoms with Crippen LogP contribution in [0.1, 0.15) is 6.92 Å². The Morgan fingerprint density at radius 3 is 2.71 bits per heavy atom. The zero-order valence-corrected chi connectivity index (χ0v) is 9.54. The molecule has 1 aromatic rings. The summed E-state index contributed by atoms with van der Waals surface area (Å²) in [7, 11) is 1.28. The van der Waals surface area contributed by atoms with Crippen LogP contribution in [0.4, 0.5) is 15.8 Å². The average molecular weight is 240 g/mol. The first-order chi connectivity index (χ1) is 8.02. The van der Waals surface area contributed by atoms with Crippen molar-refractivity contribution in [3.05, 3.63) is 24.0 Å². The van der Waals surface area contributed by atoms with Crippen LogP contribution in [0, 0.1) is 5.82 Å². The molecule has 1 aromatic carbocycles. The number of carbonyl (C=O) groups is 2. The lowest BCUT2D eigenvalue weighted by atomic mass is 10.2. The van der Waals surface area contributed by atoms with Gasteiger partial charge in [0.15, 0.2) is 0 Å². The highest BCUT2D eigenvalue weighted by Crippen LogP contribution is 2.19. The van der Waals surface area contributed by atoms with E-state index in [2.05, 4.69) is 15.4 Å². The van der Waals surface area contributed by atoms with Gasteiger partial charge in [-0.2, -0.15) is 0 Å². The highest BCUT2D eigenvalue weighted by molar-refractivity contribution is 5.89. The molecule has 0 radical (unpaired) electrons. The molecule has 2 N–H and O–H groups in total. The van der Waals surface area contributed by atoms with Gasteiger partial charge in [-0.05, 0) is 18.2 Å². The van der Waals surface area contributed by atoms with Crippen LogP contribution < -0.4 is 10.6 Å². The van der Waals surface area contributed by atoms with E-state index in [9.17, 15) is 14.0 Å². The van der Waals surface area contributed by atoms with E-state index in [4.69, 9.17) is 0 Å². The van der Waals surface area contributed by atoms with Crippen LogP contribution in [0.5, 0.6) is 0 Å². The Labute approximate surface area is 98.0 Å². The SMILES string of the molecule is COC(=O)CNc1ccc(F)c(NC(C)=O)c1. The Morgan fingerprint density at radius 1 is 1.41 bits per heavy atom. The maximum absolute atomic E-state index is 13.3. The van der Waals surface area contributed by atoms with Crippen LogP contribution in [0.2, 0.25) is 0 Å². The molecule has 0 heterocycles. The molecule has 0 atom stereocenters. The first-order valence-electron chi connectivity index (χ1n) is 4.90. The number of halogens is 1. The van der Waals surface area contributed by atoms with Crippen LogP contribution in [-0.4, -0.2) is 25.5 Å². The van der Waals surface area contributed by atoms with Crippen molar-refractivity contribution in [3.8, 4) is 0 Å². The second-order valence-corrected chi connectivity index (χ2v) is 3.31. The third kappa shape index (κ3) is 4.10. The summed E-state index contributed by atoms with van der Waals surface area (Å²) in [5.74, 6) is -1.34. The lowest BCUT2D eigenvalue weighted by Gasteiger charge is -2.08. The van der Waals surface area contributed by atoms with Crippen LogP contribution in [0.15, 0.2) is 18.2 Å². The van der Waals surface area contributed by atoms with Gasteiger partial charge in [0.1, 0.15) is 12.4 Å². The summed E-state index contributed by atoms with van der Waals surface area (Å²) in [5, 5.41) is 5.09. The molecule has 0 aliphatic heterocycles. The number of hydrogen-bond donors (Lipinski definition) is 2. The molecule has 5 nitrogen and oxygen atoms in total. The number of methoxy groups -OCH3 is 1. The van der Waals surface area contributed by atoms with E-state index in [1.54, 1.807) is 0 Å². The molecule has 1 rings (SSSR count). The van der Waals surface area contributed by atoms with Crippen LogP contribution in [-0.2, 0) is 14.3 Å². The van der Waals surface area contributed by atoms with Crippen molar-refractivity contribution < 1.29 is 18.7 Å². The van der Waals surface area contributed by atoms with E-state index in [0.717, 1.165) is 0 Å². The molecule has 92 valence electrons. The fourth-order valence-corrected chi connectivity index (χ4v) is 1.17. The molecule has 0 aliphatic carbocycles. The molecule has 0 saturated carbocycles.